The number of nitrogens with zero attached hydrogens (tertiary/aromatic N) is 1. The number of aliphatic hydroxyl groups is 1. The lowest BCUT2D eigenvalue weighted by molar-refractivity contribution is 0.106. The van der Waals surface area contributed by atoms with Crippen LogP contribution in [0, 0.1) is 5.41 Å². The molecular formula is C10H19NO. The Kier molecular flexibility index (Phi) is 2.13. The van der Waals surface area contributed by atoms with Gasteiger partial charge in [-0.3, -0.25) is 0 Å². The normalized spacial score (nSPS) is 30.5. The molecule has 2 rings (SSSR count). The van der Waals surface area contributed by atoms with Crippen molar-refractivity contribution in [3.05, 3.63) is 0 Å². The molecule has 0 bridgehead atoms. The molecule has 2 fully saturated rings. The Morgan fingerprint density at radius 3 is 2.58 bits per heavy atom. The van der Waals surface area contributed by atoms with Crippen LogP contribution in [0.2, 0.25) is 0 Å². The minimum absolute atomic E-state index is 0.153. The molecule has 2 nitrogen and oxygen atoms in total. The van der Waals surface area contributed by atoms with Crippen molar-refractivity contribution in [1.82, 2.24) is 4.90 Å². The summed E-state index contributed by atoms with van der Waals surface area (Å²) in [4.78, 5) is 2.42. The van der Waals surface area contributed by atoms with Crippen LogP contribution in [-0.2, 0) is 0 Å². The molecule has 0 radical (unpaired) electrons. The zero-order valence-electron chi connectivity index (χ0n) is 7.92. The van der Waals surface area contributed by atoms with Gasteiger partial charge >= 0.3 is 0 Å². The molecule has 0 aromatic heterocycles. The summed E-state index contributed by atoms with van der Waals surface area (Å²) in [5, 5.41) is 9.23. The van der Waals surface area contributed by atoms with Gasteiger partial charge in [0.05, 0.1) is 6.10 Å². The molecule has 2 aliphatic rings. The fourth-order valence-corrected chi connectivity index (χ4v) is 2.64. The Balaban J connectivity index is 1.81. The van der Waals surface area contributed by atoms with Gasteiger partial charge in [0, 0.05) is 13.1 Å². The third-order valence-electron chi connectivity index (χ3n) is 3.45. The van der Waals surface area contributed by atoms with E-state index in [1.807, 2.05) is 6.92 Å². The Labute approximate surface area is 74.6 Å². The molecule has 1 aliphatic heterocycles. The minimum atomic E-state index is -0.153. The van der Waals surface area contributed by atoms with E-state index in [0.29, 0.717) is 5.41 Å². The van der Waals surface area contributed by atoms with Crippen molar-refractivity contribution in [3.63, 3.8) is 0 Å². The fourth-order valence-electron chi connectivity index (χ4n) is 2.64. The average molecular weight is 169 g/mol. The van der Waals surface area contributed by atoms with E-state index in [9.17, 15) is 5.11 Å². The Bertz CT molecular complexity index is 163. The summed E-state index contributed by atoms with van der Waals surface area (Å²) in [5.41, 5.74) is 0.689. The van der Waals surface area contributed by atoms with Crippen molar-refractivity contribution >= 4 is 0 Å². The zero-order valence-corrected chi connectivity index (χ0v) is 7.92. The first-order valence-corrected chi connectivity index (χ1v) is 5.11. The molecule has 1 saturated carbocycles. The van der Waals surface area contributed by atoms with E-state index in [1.54, 1.807) is 0 Å². The van der Waals surface area contributed by atoms with Gasteiger partial charge in [0.25, 0.3) is 0 Å². The molecule has 2 heteroatoms. The van der Waals surface area contributed by atoms with Gasteiger partial charge in [-0.2, -0.15) is 0 Å². The smallest absolute Gasteiger partial charge is 0.0639 e. The van der Waals surface area contributed by atoms with Gasteiger partial charge in [0.15, 0.2) is 0 Å². The Hall–Kier alpha value is -0.0800. The quantitative estimate of drug-likeness (QED) is 0.672. The topological polar surface area (TPSA) is 23.5 Å². The molecule has 70 valence electrons. The van der Waals surface area contributed by atoms with Gasteiger partial charge in [-0.25, -0.2) is 0 Å². The Morgan fingerprint density at radius 2 is 2.17 bits per heavy atom. The van der Waals surface area contributed by atoms with Gasteiger partial charge in [0.1, 0.15) is 0 Å². The molecule has 1 heterocycles. The minimum Gasteiger partial charge on any atom is -0.392 e. The van der Waals surface area contributed by atoms with E-state index in [2.05, 4.69) is 4.90 Å². The van der Waals surface area contributed by atoms with Crippen molar-refractivity contribution in [2.75, 3.05) is 19.6 Å². The van der Waals surface area contributed by atoms with E-state index < -0.39 is 0 Å². The average Bonchev–Trinajstić information content (AvgIpc) is 2.29. The summed E-state index contributed by atoms with van der Waals surface area (Å²) in [7, 11) is 0. The van der Waals surface area contributed by atoms with Crippen LogP contribution in [-0.4, -0.2) is 35.7 Å². The molecule has 1 saturated heterocycles. The van der Waals surface area contributed by atoms with Gasteiger partial charge in [-0.1, -0.05) is 6.42 Å². The summed E-state index contributed by atoms with van der Waals surface area (Å²) in [6.07, 6.45) is 5.52. The zero-order chi connectivity index (χ0) is 8.60. The van der Waals surface area contributed by atoms with Crippen molar-refractivity contribution < 1.29 is 5.11 Å². The predicted molar refractivity (Wildman–Crippen MR) is 49.0 cm³/mol. The van der Waals surface area contributed by atoms with E-state index in [1.165, 1.54) is 38.8 Å². The number of likely N-dealkylation sites (tertiary alicyclic amines) is 1. The second-order valence-electron chi connectivity index (χ2n) is 4.69. The maximum absolute atomic E-state index is 9.23. The lowest BCUT2D eigenvalue weighted by Crippen LogP contribution is -2.35. The Morgan fingerprint density at radius 1 is 1.42 bits per heavy atom. The molecule has 0 unspecified atom stereocenters. The molecular weight excluding hydrogens is 150 g/mol. The lowest BCUT2D eigenvalue weighted by atomic mass is 9.68. The molecule has 1 spiro atoms. The first-order chi connectivity index (χ1) is 5.70. The molecule has 1 N–H and O–H groups in total. The number of rotatable bonds is 2. The second-order valence-corrected chi connectivity index (χ2v) is 4.69. The second kappa shape index (κ2) is 3.00. The molecule has 1 atom stereocenters. The monoisotopic (exact) mass is 169 g/mol. The summed E-state index contributed by atoms with van der Waals surface area (Å²) >= 11 is 0. The first-order valence-electron chi connectivity index (χ1n) is 5.11. The van der Waals surface area contributed by atoms with Gasteiger partial charge in [-0.05, 0) is 38.1 Å². The maximum atomic E-state index is 9.23. The fraction of sp³-hybridized carbons (Fsp3) is 1.00. The van der Waals surface area contributed by atoms with Crippen molar-refractivity contribution in [2.45, 2.75) is 38.7 Å². The molecule has 0 amide bonds. The summed E-state index contributed by atoms with van der Waals surface area (Å²) in [6.45, 7) is 5.22. The molecule has 0 aromatic rings. The summed E-state index contributed by atoms with van der Waals surface area (Å²) in [6, 6.07) is 0. The predicted octanol–water partition coefficient (Wildman–Crippen LogP) is 1.24. The third-order valence-corrected chi connectivity index (χ3v) is 3.45. The summed E-state index contributed by atoms with van der Waals surface area (Å²) < 4.78 is 0. The molecule has 0 aromatic carbocycles. The van der Waals surface area contributed by atoms with Crippen LogP contribution in [0.15, 0.2) is 0 Å². The van der Waals surface area contributed by atoms with Crippen LogP contribution in [0.5, 0.6) is 0 Å². The van der Waals surface area contributed by atoms with Crippen molar-refractivity contribution in [1.29, 1.82) is 0 Å². The largest absolute Gasteiger partial charge is 0.392 e. The highest BCUT2D eigenvalue weighted by Gasteiger charge is 2.42. The van der Waals surface area contributed by atoms with Crippen molar-refractivity contribution in [2.24, 2.45) is 5.41 Å². The van der Waals surface area contributed by atoms with Gasteiger partial charge in [0.2, 0.25) is 0 Å². The SMILES string of the molecule is C[C@@H](O)CN1CCC2(CCC2)C1. The van der Waals surface area contributed by atoms with E-state index >= 15 is 0 Å². The first kappa shape index (κ1) is 8.52. The molecule has 12 heavy (non-hydrogen) atoms. The standard InChI is InChI=1S/C10H19NO/c1-9(12)7-11-6-5-10(8-11)3-2-4-10/h9,12H,2-8H2,1H3/t9-/m1/s1. The maximum Gasteiger partial charge on any atom is 0.0639 e. The third kappa shape index (κ3) is 1.50. The number of hydrogen-bond acceptors (Lipinski definition) is 2. The van der Waals surface area contributed by atoms with Crippen LogP contribution in [0.3, 0.4) is 0 Å². The van der Waals surface area contributed by atoms with E-state index in [-0.39, 0.29) is 6.10 Å². The summed E-state index contributed by atoms with van der Waals surface area (Å²) in [5.74, 6) is 0. The van der Waals surface area contributed by atoms with Crippen LogP contribution in [0.25, 0.3) is 0 Å². The van der Waals surface area contributed by atoms with E-state index in [4.69, 9.17) is 0 Å². The molecule has 1 aliphatic carbocycles. The van der Waals surface area contributed by atoms with Crippen LogP contribution >= 0.6 is 0 Å². The lowest BCUT2D eigenvalue weighted by Gasteiger charge is -2.38. The highest BCUT2D eigenvalue weighted by atomic mass is 16.3. The highest BCUT2D eigenvalue weighted by molar-refractivity contribution is 4.95. The highest BCUT2D eigenvalue weighted by Crippen LogP contribution is 2.47. The number of hydrogen-bond donors (Lipinski definition) is 1. The van der Waals surface area contributed by atoms with Gasteiger partial charge < -0.3 is 10.0 Å². The van der Waals surface area contributed by atoms with Gasteiger partial charge in [-0.15, -0.1) is 0 Å². The van der Waals surface area contributed by atoms with Crippen LogP contribution in [0.4, 0.5) is 0 Å². The van der Waals surface area contributed by atoms with Crippen molar-refractivity contribution in [3.8, 4) is 0 Å². The van der Waals surface area contributed by atoms with Crippen LogP contribution < -0.4 is 0 Å². The van der Waals surface area contributed by atoms with E-state index in [0.717, 1.165) is 6.54 Å². The number of β-amino-alcohol motifs (C(OH)–C–C–N with tert-alkyl or cyclic N) is 1. The number of aliphatic hydroxyl groups excluding tert-OH is 1. The van der Waals surface area contributed by atoms with Crippen LogP contribution in [0.1, 0.15) is 32.6 Å².